The van der Waals surface area contributed by atoms with Crippen molar-refractivity contribution < 1.29 is 9.90 Å². The van der Waals surface area contributed by atoms with Crippen LogP contribution in [0.15, 0.2) is 0 Å². The molecule has 1 atom stereocenters. The Labute approximate surface area is 77.9 Å². The van der Waals surface area contributed by atoms with Crippen LogP contribution in [0, 0.1) is 0 Å². The normalized spacial score (nSPS) is 12.4. The van der Waals surface area contributed by atoms with Crippen molar-refractivity contribution in [3.63, 3.8) is 0 Å². The van der Waals surface area contributed by atoms with Crippen LogP contribution in [0.25, 0.3) is 0 Å². The molecular weight excluding hydrogens is 194 g/mol. The Kier molecular flexibility index (Phi) is 2.98. The van der Waals surface area contributed by atoms with Gasteiger partial charge in [0.25, 0.3) is 0 Å². The van der Waals surface area contributed by atoms with Gasteiger partial charge in [0.2, 0.25) is 17.0 Å². The Bertz CT molecular complexity index is 301. The average molecular weight is 203 g/mol. The van der Waals surface area contributed by atoms with Gasteiger partial charge in [-0.05, 0) is 0 Å². The Morgan fingerprint density at radius 2 is 2.46 bits per heavy atom. The Hall–Kier alpha value is -1.41. The summed E-state index contributed by atoms with van der Waals surface area (Å²) in [6, 6.07) is 0. The molecule has 0 bridgehead atoms. The number of aromatic nitrogens is 2. The van der Waals surface area contributed by atoms with E-state index >= 15 is 0 Å². The van der Waals surface area contributed by atoms with E-state index in [9.17, 15) is 4.79 Å². The molecule has 6 N–H and O–H groups in total. The third-order valence-electron chi connectivity index (χ3n) is 1.22. The van der Waals surface area contributed by atoms with E-state index in [0.717, 1.165) is 11.5 Å². The van der Waals surface area contributed by atoms with Crippen LogP contribution in [-0.2, 0) is 4.79 Å². The Balaban J connectivity index is 2.39. The number of carbonyl (C=O) groups excluding carboxylic acids is 1. The van der Waals surface area contributed by atoms with Crippen molar-refractivity contribution in [2.24, 2.45) is 5.73 Å². The summed E-state index contributed by atoms with van der Waals surface area (Å²) in [5, 5.41) is 12.1. The molecule has 0 radical (unpaired) electrons. The van der Waals surface area contributed by atoms with E-state index in [4.69, 9.17) is 16.6 Å². The molecule has 0 fully saturated rings. The minimum absolute atomic E-state index is 0.00394. The number of nitrogens with two attached hydrogens (primary N) is 2. The van der Waals surface area contributed by atoms with Crippen LogP contribution in [0.3, 0.4) is 0 Å². The molecule has 0 aliphatic rings. The second-order valence-corrected chi connectivity index (χ2v) is 3.01. The van der Waals surface area contributed by atoms with E-state index in [2.05, 4.69) is 14.7 Å². The van der Waals surface area contributed by atoms with E-state index in [1.165, 1.54) is 0 Å². The number of hydrogen-bond donors (Lipinski definition) is 4. The van der Waals surface area contributed by atoms with Gasteiger partial charge in [-0.3, -0.25) is 4.79 Å². The molecule has 1 amide bonds. The minimum Gasteiger partial charge on any atom is -0.381 e. The molecule has 0 saturated carbocycles. The lowest BCUT2D eigenvalue weighted by Gasteiger charge is -2.05. The topological polar surface area (TPSA) is 127 Å². The second kappa shape index (κ2) is 4.01. The molecule has 13 heavy (non-hydrogen) atoms. The molecule has 1 heterocycles. The third kappa shape index (κ3) is 2.84. The summed E-state index contributed by atoms with van der Waals surface area (Å²) in [5.74, 6) is -0.633. The molecule has 7 nitrogen and oxygen atoms in total. The lowest BCUT2D eigenvalue weighted by molar-refractivity contribution is -0.125. The van der Waals surface area contributed by atoms with Gasteiger partial charge in [-0.15, -0.1) is 0 Å². The van der Waals surface area contributed by atoms with E-state index < -0.39 is 12.0 Å². The number of nitrogens with one attached hydrogen (secondary N) is 1. The number of nitrogens with zero attached hydrogens (tertiary/aromatic N) is 2. The zero-order valence-corrected chi connectivity index (χ0v) is 7.41. The van der Waals surface area contributed by atoms with Crippen LogP contribution < -0.4 is 16.8 Å². The number of aliphatic hydroxyl groups is 1. The zero-order chi connectivity index (χ0) is 9.84. The highest BCUT2D eigenvalue weighted by molar-refractivity contribution is 7.09. The number of carbonyl (C=O) groups is 1. The summed E-state index contributed by atoms with van der Waals surface area (Å²) in [7, 11) is 0. The molecule has 0 aliphatic heterocycles. The molecule has 1 rings (SSSR count). The van der Waals surface area contributed by atoms with Crippen LogP contribution >= 0.6 is 11.5 Å². The first-order valence-electron chi connectivity index (χ1n) is 3.40. The van der Waals surface area contributed by atoms with Gasteiger partial charge in [0.15, 0.2) is 0 Å². The van der Waals surface area contributed by atoms with Crippen molar-refractivity contribution in [1.82, 2.24) is 9.36 Å². The van der Waals surface area contributed by atoms with E-state index in [0.29, 0.717) is 5.13 Å². The lowest BCUT2D eigenvalue weighted by Crippen LogP contribution is -2.34. The van der Waals surface area contributed by atoms with Gasteiger partial charge < -0.3 is 21.9 Å². The number of primary amides is 1. The summed E-state index contributed by atoms with van der Waals surface area (Å²) in [4.78, 5) is 14.2. The summed E-state index contributed by atoms with van der Waals surface area (Å²) >= 11 is 1.04. The number of anilines is 2. The number of amides is 1. The van der Waals surface area contributed by atoms with Crippen LogP contribution in [0.4, 0.5) is 11.1 Å². The van der Waals surface area contributed by atoms with Crippen molar-refractivity contribution in [1.29, 1.82) is 0 Å². The highest BCUT2D eigenvalue weighted by Gasteiger charge is 2.10. The predicted octanol–water partition coefficient (Wildman–Crippen LogP) is -1.62. The van der Waals surface area contributed by atoms with Crippen LogP contribution in [0.5, 0.6) is 0 Å². The van der Waals surface area contributed by atoms with E-state index in [1.807, 2.05) is 0 Å². The van der Waals surface area contributed by atoms with Gasteiger partial charge in [0, 0.05) is 11.5 Å². The van der Waals surface area contributed by atoms with Crippen molar-refractivity contribution in [2.75, 3.05) is 17.6 Å². The Morgan fingerprint density at radius 3 is 2.92 bits per heavy atom. The van der Waals surface area contributed by atoms with Crippen molar-refractivity contribution in [2.45, 2.75) is 6.10 Å². The first-order chi connectivity index (χ1) is 6.09. The first-order valence-corrected chi connectivity index (χ1v) is 4.17. The highest BCUT2D eigenvalue weighted by Crippen LogP contribution is 2.11. The fraction of sp³-hybridized carbons (Fsp3) is 0.400. The second-order valence-electron chi connectivity index (χ2n) is 2.26. The van der Waals surface area contributed by atoms with Crippen molar-refractivity contribution >= 4 is 28.5 Å². The lowest BCUT2D eigenvalue weighted by atomic mass is 10.3. The molecule has 1 unspecified atom stereocenters. The average Bonchev–Trinajstić information content (AvgIpc) is 2.47. The maximum atomic E-state index is 10.4. The van der Waals surface area contributed by atoms with Gasteiger partial charge in [0.1, 0.15) is 6.10 Å². The van der Waals surface area contributed by atoms with Crippen LogP contribution in [0.1, 0.15) is 0 Å². The smallest absolute Gasteiger partial charge is 0.248 e. The van der Waals surface area contributed by atoms with Gasteiger partial charge >= 0.3 is 0 Å². The zero-order valence-electron chi connectivity index (χ0n) is 6.60. The number of hydrogen-bond acceptors (Lipinski definition) is 7. The van der Waals surface area contributed by atoms with Gasteiger partial charge in [0.05, 0.1) is 6.54 Å². The fourth-order valence-electron chi connectivity index (χ4n) is 0.591. The summed E-state index contributed by atoms with van der Waals surface area (Å²) in [5.41, 5.74) is 10.1. The van der Waals surface area contributed by atoms with Crippen molar-refractivity contribution in [3.8, 4) is 0 Å². The minimum atomic E-state index is -1.23. The molecule has 0 spiro atoms. The maximum Gasteiger partial charge on any atom is 0.248 e. The number of aliphatic hydroxyl groups excluding tert-OH is 1. The number of rotatable bonds is 4. The summed E-state index contributed by atoms with van der Waals surface area (Å²) in [6.45, 7) is 0.00394. The fourth-order valence-corrected chi connectivity index (χ4v) is 1.09. The number of nitrogen functional groups attached to an aromatic ring is 1. The van der Waals surface area contributed by atoms with Crippen LogP contribution in [-0.4, -0.2) is 33.0 Å². The van der Waals surface area contributed by atoms with E-state index in [-0.39, 0.29) is 12.5 Å². The van der Waals surface area contributed by atoms with E-state index in [1.54, 1.807) is 0 Å². The summed E-state index contributed by atoms with van der Waals surface area (Å²) < 4.78 is 3.69. The standard InChI is InChI=1S/C5H9N5O2S/c6-3(12)2(11)1-8-5-9-4(7)10-13-5/h2,11H,1H2,(H2,6,12)(H3,7,8,9,10). The van der Waals surface area contributed by atoms with Gasteiger partial charge in [-0.25, -0.2) is 0 Å². The SMILES string of the molecule is NC(=O)C(O)CNc1nc(N)ns1. The largest absolute Gasteiger partial charge is 0.381 e. The monoisotopic (exact) mass is 203 g/mol. The van der Waals surface area contributed by atoms with Crippen LogP contribution in [0.2, 0.25) is 0 Å². The molecule has 1 aromatic rings. The maximum absolute atomic E-state index is 10.4. The van der Waals surface area contributed by atoms with Gasteiger partial charge in [-0.2, -0.15) is 9.36 Å². The summed E-state index contributed by atoms with van der Waals surface area (Å²) in [6.07, 6.45) is -1.23. The molecule has 72 valence electrons. The molecule has 1 aromatic heterocycles. The molecule has 0 saturated heterocycles. The highest BCUT2D eigenvalue weighted by atomic mass is 32.1. The third-order valence-corrected chi connectivity index (χ3v) is 1.90. The van der Waals surface area contributed by atoms with Crippen molar-refractivity contribution in [3.05, 3.63) is 0 Å². The molecule has 8 heteroatoms. The molecule has 0 aliphatic carbocycles. The van der Waals surface area contributed by atoms with Gasteiger partial charge in [-0.1, -0.05) is 0 Å². The Morgan fingerprint density at radius 1 is 1.77 bits per heavy atom. The quantitative estimate of drug-likeness (QED) is 0.465. The predicted molar refractivity (Wildman–Crippen MR) is 48.0 cm³/mol. The molecule has 0 aromatic carbocycles. The first kappa shape index (κ1) is 9.68. The molecular formula is C5H9N5O2S.